The van der Waals surface area contributed by atoms with Gasteiger partial charge in [0, 0.05) is 62.8 Å². The highest BCUT2D eigenvalue weighted by molar-refractivity contribution is 5.85. The Morgan fingerprint density at radius 3 is 2.90 bits per heavy atom. The SMILES string of the molecule is COCc1ncc(C)n1CC1CCCN(Cc2cn(C)c3ccc(OC)cc23)C1. The van der Waals surface area contributed by atoms with Crippen molar-refractivity contribution in [3.05, 3.63) is 47.7 Å². The summed E-state index contributed by atoms with van der Waals surface area (Å²) in [5, 5.41) is 1.29. The number of imidazole rings is 1. The lowest BCUT2D eigenvalue weighted by Gasteiger charge is -2.33. The van der Waals surface area contributed by atoms with Crippen molar-refractivity contribution in [2.75, 3.05) is 27.3 Å². The molecule has 156 valence electrons. The van der Waals surface area contributed by atoms with Crippen LogP contribution in [0.4, 0.5) is 0 Å². The number of fused-ring (bicyclic) bond motifs is 1. The molecule has 1 fully saturated rings. The summed E-state index contributed by atoms with van der Waals surface area (Å²) in [5.74, 6) is 2.59. The molecule has 1 aromatic carbocycles. The van der Waals surface area contributed by atoms with Crippen LogP contribution in [0.3, 0.4) is 0 Å². The van der Waals surface area contributed by atoms with Crippen LogP contribution in [0, 0.1) is 12.8 Å². The Kier molecular flexibility index (Phi) is 5.92. The monoisotopic (exact) mass is 396 g/mol. The van der Waals surface area contributed by atoms with Gasteiger partial charge in [0.1, 0.15) is 18.2 Å². The topological polar surface area (TPSA) is 44.5 Å². The minimum atomic E-state index is 0.572. The molecule has 29 heavy (non-hydrogen) atoms. The van der Waals surface area contributed by atoms with Crippen molar-refractivity contribution >= 4 is 10.9 Å². The van der Waals surface area contributed by atoms with E-state index in [2.05, 4.69) is 51.3 Å². The number of aryl methyl sites for hydroxylation is 2. The molecule has 2 aromatic heterocycles. The highest BCUT2D eigenvalue weighted by atomic mass is 16.5. The van der Waals surface area contributed by atoms with Gasteiger partial charge in [-0.25, -0.2) is 4.98 Å². The molecule has 0 N–H and O–H groups in total. The second-order valence-corrected chi connectivity index (χ2v) is 8.25. The van der Waals surface area contributed by atoms with Crippen LogP contribution in [-0.4, -0.2) is 46.3 Å². The number of likely N-dealkylation sites (tertiary alicyclic amines) is 1. The van der Waals surface area contributed by atoms with Gasteiger partial charge in [-0.15, -0.1) is 0 Å². The summed E-state index contributed by atoms with van der Waals surface area (Å²) >= 11 is 0. The normalized spacial score (nSPS) is 17.9. The Morgan fingerprint density at radius 1 is 1.24 bits per heavy atom. The maximum atomic E-state index is 5.45. The van der Waals surface area contributed by atoms with Crippen LogP contribution in [0.15, 0.2) is 30.6 Å². The standard InChI is InChI=1S/C23H32N4O2/c1-17-11-24-23(16-28-3)27(17)13-18-6-5-9-26(12-18)15-19-14-25(2)22-8-7-20(29-4)10-21(19)22/h7-8,10-11,14,18H,5-6,9,12-13,15-16H2,1-4H3. The molecule has 3 aromatic rings. The minimum absolute atomic E-state index is 0.572. The van der Waals surface area contributed by atoms with E-state index in [1.807, 2.05) is 12.3 Å². The lowest BCUT2D eigenvalue weighted by molar-refractivity contribution is 0.147. The van der Waals surface area contributed by atoms with Crippen LogP contribution < -0.4 is 4.74 Å². The molecular formula is C23H32N4O2. The Hall–Kier alpha value is -2.31. The summed E-state index contributed by atoms with van der Waals surface area (Å²) in [6.45, 7) is 6.98. The van der Waals surface area contributed by atoms with E-state index in [1.54, 1.807) is 14.2 Å². The van der Waals surface area contributed by atoms with Gasteiger partial charge in [0.15, 0.2) is 0 Å². The molecule has 0 saturated carbocycles. The van der Waals surface area contributed by atoms with Crippen LogP contribution in [0.1, 0.15) is 29.9 Å². The number of rotatable bonds is 7. The van der Waals surface area contributed by atoms with E-state index in [0.29, 0.717) is 12.5 Å². The molecular weight excluding hydrogens is 364 g/mol. The summed E-state index contributed by atoms with van der Waals surface area (Å²) in [6.07, 6.45) is 6.73. The lowest BCUT2D eigenvalue weighted by Crippen LogP contribution is -2.36. The van der Waals surface area contributed by atoms with Gasteiger partial charge in [0.25, 0.3) is 0 Å². The third kappa shape index (κ3) is 4.19. The van der Waals surface area contributed by atoms with Gasteiger partial charge in [-0.2, -0.15) is 0 Å². The predicted octanol–water partition coefficient (Wildman–Crippen LogP) is 3.75. The Morgan fingerprint density at radius 2 is 2.10 bits per heavy atom. The zero-order valence-corrected chi connectivity index (χ0v) is 18.0. The van der Waals surface area contributed by atoms with Gasteiger partial charge in [-0.05, 0) is 56.0 Å². The molecule has 1 aliphatic rings. The maximum absolute atomic E-state index is 5.45. The summed E-state index contributed by atoms with van der Waals surface area (Å²) < 4.78 is 15.3. The first-order valence-electron chi connectivity index (χ1n) is 10.4. The fourth-order valence-electron chi connectivity index (χ4n) is 4.65. The van der Waals surface area contributed by atoms with E-state index in [4.69, 9.17) is 9.47 Å². The number of hydrogen-bond donors (Lipinski definition) is 0. The van der Waals surface area contributed by atoms with Gasteiger partial charge >= 0.3 is 0 Å². The molecule has 6 heteroatoms. The molecule has 6 nitrogen and oxygen atoms in total. The molecule has 0 radical (unpaired) electrons. The fraction of sp³-hybridized carbons (Fsp3) is 0.522. The third-order valence-electron chi connectivity index (χ3n) is 6.13. The first-order chi connectivity index (χ1) is 14.1. The summed E-state index contributed by atoms with van der Waals surface area (Å²) in [7, 11) is 5.58. The van der Waals surface area contributed by atoms with Crippen molar-refractivity contribution in [3.8, 4) is 5.75 Å². The molecule has 1 aliphatic heterocycles. The number of piperidine rings is 1. The average molecular weight is 397 g/mol. The maximum Gasteiger partial charge on any atom is 0.134 e. The quantitative estimate of drug-likeness (QED) is 0.610. The van der Waals surface area contributed by atoms with Crippen molar-refractivity contribution in [1.82, 2.24) is 19.0 Å². The first kappa shape index (κ1) is 20.0. The molecule has 0 spiro atoms. The van der Waals surface area contributed by atoms with Crippen LogP contribution in [-0.2, 0) is 31.5 Å². The highest BCUT2D eigenvalue weighted by Gasteiger charge is 2.23. The lowest BCUT2D eigenvalue weighted by atomic mass is 9.97. The van der Waals surface area contributed by atoms with Gasteiger partial charge in [0.05, 0.1) is 7.11 Å². The number of aromatic nitrogens is 3. The molecule has 0 aliphatic carbocycles. The Labute approximate surface area is 173 Å². The third-order valence-corrected chi connectivity index (χ3v) is 6.13. The van der Waals surface area contributed by atoms with Crippen LogP contribution in [0.25, 0.3) is 10.9 Å². The fourth-order valence-corrected chi connectivity index (χ4v) is 4.65. The molecule has 1 saturated heterocycles. The van der Waals surface area contributed by atoms with E-state index in [-0.39, 0.29) is 0 Å². The van der Waals surface area contributed by atoms with E-state index in [0.717, 1.165) is 37.8 Å². The van der Waals surface area contributed by atoms with Gasteiger partial charge < -0.3 is 18.6 Å². The highest BCUT2D eigenvalue weighted by Crippen LogP contribution is 2.28. The van der Waals surface area contributed by atoms with E-state index < -0.39 is 0 Å². The number of ether oxygens (including phenoxy) is 2. The van der Waals surface area contributed by atoms with E-state index in [9.17, 15) is 0 Å². The van der Waals surface area contributed by atoms with Crippen molar-refractivity contribution in [2.24, 2.45) is 13.0 Å². The molecule has 1 atom stereocenters. The van der Waals surface area contributed by atoms with Gasteiger partial charge in [-0.3, -0.25) is 4.90 Å². The second kappa shape index (κ2) is 8.59. The Bertz CT molecular complexity index is 975. The predicted molar refractivity (Wildman–Crippen MR) is 115 cm³/mol. The molecule has 1 unspecified atom stereocenters. The molecule has 3 heterocycles. The second-order valence-electron chi connectivity index (χ2n) is 8.25. The van der Waals surface area contributed by atoms with E-state index in [1.165, 1.54) is 35.0 Å². The number of hydrogen-bond acceptors (Lipinski definition) is 4. The largest absolute Gasteiger partial charge is 0.497 e. The number of methoxy groups -OCH3 is 2. The minimum Gasteiger partial charge on any atom is -0.497 e. The van der Waals surface area contributed by atoms with Crippen LogP contribution >= 0.6 is 0 Å². The molecule has 0 bridgehead atoms. The first-order valence-corrected chi connectivity index (χ1v) is 10.4. The van der Waals surface area contributed by atoms with Crippen LogP contribution in [0.2, 0.25) is 0 Å². The molecule has 0 amide bonds. The summed E-state index contributed by atoms with van der Waals surface area (Å²) in [5.41, 5.74) is 3.85. The number of nitrogens with zero attached hydrogens (tertiary/aromatic N) is 4. The molecule has 4 rings (SSSR count). The zero-order chi connectivity index (χ0) is 20.4. The van der Waals surface area contributed by atoms with Crippen molar-refractivity contribution in [3.63, 3.8) is 0 Å². The van der Waals surface area contributed by atoms with Crippen molar-refractivity contribution in [2.45, 2.75) is 39.5 Å². The number of benzene rings is 1. The zero-order valence-electron chi connectivity index (χ0n) is 18.0. The Balaban J connectivity index is 1.48. The van der Waals surface area contributed by atoms with Crippen LogP contribution in [0.5, 0.6) is 5.75 Å². The summed E-state index contributed by atoms with van der Waals surface area (Å²) in [4.78, 5) is 7.12. The van der Waals surface area contributed by atoms with Crippen molar-refractivity contribution < 1.29 is 9.47 Å². The van der Waals surface area contributed by atoms with Crippen molar-refractivity contribution in [1.29, 1.82) is 0 Å². The van der Waals surface area contributed by atoms with Gasteiger partial charge in [-0.1, -0.05) is 0 Å². The van der Waals surface area contributed by atoms with Gasteiger partial charge in [0.2, 0.25) is 0 Å². The summed E-state index contributed by atoms with van der Waals surface area (Å²) in [6, 6.07) is 6.35. The smallest absolute Gasteiger partial charge is 0.134 e. The van der Waals surface area contributed by atoms with E-state index >= 15 is 0 Å². The average Bonchev–Trinajstić information content (AvgIpc) is 3.22.